The monoisotopic (exact) mass is 410 g/mol. The van der Waals surface area contributed by atoms with Gasteiger partial charge in [-0.2, -0.15) is 9.83 Å². The third-order valence-corrected chi connectivity index (χ3v) is 5.20. The molecule has 1 amide bonds. The zero-order valence-corrected chi connectivity index (χ0v) is 16.6. The van der Waals surface area contributed by atoms with Crippen LogP contribution in [-0.4, -0.2) is 23.2 Å². The molecule has 0 saturated carbocycles. The lowest BCUT2D eigenvalue weighted by atomic mass is 10.0. The van der Waals surface area contributed by atoms with E-state index >= 15 is 0 Å². The van der Waals surface area contributed by atoms with Crippen LogP contribution in [0.2, 0.25) is 0 Å². The van der Waals surface area contributed by atoms with Crippen LogP contribution in [0.3, 0.4) is 0 Å². The highest BCUT2D eigenvalue weighted by molar-refractivity contribution is 6.35. The highest BCUT2D eigenvalue weighted by atomic mass is 16.5. The number of amides is 1. The highest BCUT2D eigenvalue weighted by Crippen LogP contribution is 2.36. The minimum Gasteiger partial charge on any atom is -0.618 e. The number of methoxy groups -OCH3 is 1. The van der Waals surface area contributed by atoms with Crippen molar-refractivity contribution in [1.82, 2.24) is 10.2 Å². The molecule has 1 aliphatic rings. The van der Waals surface area contributed by atoms with Crippen LogP contribution < -0.4 is 14.8 Å². The van der Waals surface area contributed by atoms with Crippen molar-refractivity contribution in [2.24, 2.45) is 0 Å². The number of aromatic nitrogens is 3. The number of carbonyl (C=O) groups excluding carboxylic acids is 1. The summed E-state index contributed by atoms with van der Waals surface area (Å²) in [6, 6.07) is 16.6. The van der Waals surface area contributed by atoms with E-state index in [2.05, 4.69) is 15.5 Å². The molecule has 0 fully saturated rings. The van der Waals surface area contributed by atoms with Crippen molar-refractivity contribution >= 4 is 46.3 Å². The zero-order valence-electron chi connectivity index (χ0n) is 16.6. The summed E-state index contributed by atoms with van der Waals surface area (Å²) in [7, 11) is 1.60. The molecule has 0 saturated heterocycles. The quantitative estimate of drug-likeness (QED) is 0.303. The summed E-state index contributed by atoms with van der Waals surface area (Å²) in [5.41, 5.74) is 5.12. The number of benzene rings is 2. The molecule has 7 nitrogen and oxygen atoms in total. The predicted molar refractivity (Wildman–Crippen MR) is 120 cm³/mol. The Morgan fingerprint density at radius 3 is 2.84 bits per heavy atom. The molecular formula is C24H18N4O3. The van der Waals surface area contributed by atoms with Gasteiger partial charge in [0.1, 0.15) is 5.75 Å². The molecule has 5 rings (SSSR count). The van der Waals surface area contributed by atoms with Crippen LogP contribution in [0.1, 0.15) is 22.5 Å². The fourth-order valence-electron chi connectivity index (χ4n) is 3.61. The fourth-order valence-corrected chi connectivity index (χ4v) is 3.61. The molecule has 152 valence electrons. The van der Waals surface area contributed by atoms with Gasteiger partial charge in [-0.1, -0.05) is 6.07 Å². The van der Waals surface area contributed by atoms with E-state index in [0.29, 0.717) is 17.0 Å². The largest absolute Gasteiger partial charge is 0.618 e. The normalized spacial score (nSPS) is 14.4. The Balaban J connectivity index is 1.48. The summed E-state index contributed by atoms with van der Waals surface area (Å²) in [4.78, 5) is 12.5. The van der Waals surface area contributed by atoms with Gasteiger partial charge in [-0.15, -0.1) is 0 Å². The molecule has 2 N–H and O–H groups in total. The maximum absolute atomic E-state index is 12.5. The van der Waals surface area contributed by atoms with Gasteiger partial charge in [0, 0.05) is 40.4 Å². The number of rotatable bonds is 4. The number of aromatic amines is 1. The number of H-pyrrole nitrogens is 1. The number of anilines is 1. The average molecular weight is 410 g/mol. The van der Waals surface area contributed by atoms with Crippen molar-refractivity contribution in [2.75, 3.05) is 12.4 Å². The lowest BCUT2D eigenvalue weighted by molar-refractivity contribution is -0.607. The molecule has 0 bridgehead atoms. The Bertz CT molecular complexity index is 1380. The SMILES string of the molecule is COc1ccc2c(c1)/C(=C\c1ccc3c(/C=C/c4cccc[n+]4[O-])n[nH]c3c1)C(=O)N2. The Morgan fingerprint density at radius 1 is 1.10 bits per heavy atom. The van der Waals surface area contributed by atoms with Gasteiger partial charge < -0.3 is 15.3 Å². The molecular weight excluding hydrogens is 392 g/mol. The first-order valence-electron chi connectivity index (χ1n) is 9.68. The van der Waals surface area contributed by atoms with Crippen LogP contribution in [-0.2, 0) is 4.79 Å². The van der Waals surface area contributed by atoms with Crippen LogP contribution >= 0.6 is 0 Å². The lowest BCUT2D eigenvalue weighted by Gasteiger charge is -2.03. The van der Waals surface area contributed by atoms with E-state index in [-0.39, 0.29) is 5.91 Å². The van der Waals surface area contributed by atoms with Gasteiger partial charge in [0.2, 0.25) is 5.69 Å². The number of hydrogen-bond acceptors (Lipinski definition) is 4. The van der Waals surface area contributed by atoms with Crippen molar-refractivity contribution in [3.63, 3.8) is 0 Å². The molecule has 2 aromatic carbocycles. The number of nitrogens with zero attached hydrogens (tertiary/aromatic N) is 2. The first-order chi connectivity index (χ1) is 15.1. The van der Waals surface area contributed by atoms with Gasteiger partial charge in [0.15, 0.2) is 6.20 Å². The summed E-state index contributed by atoms with van der Waals surface area (Å²) in [6.45, 7) is 0. The van der Waals surface area contributed by atoms with Gasteiger partial charge in [-0.05, 0) is 54.1 Å². The predicted octanol–water partition coefficient (Wildman–Crippen LogP) is 3.87. The van der Waals surface area contributed by atoms with E-state index in [1.807, 2.05) is 48.5 Å². The zero-order chi connectivity index (χ0) is 21.4. The fraction of sp³-hybridized carbons (Fsp3) is 0.0417. The molecule has 2 aromatic heterocycles. The summed E-state index contributed by atoms with van der Waals surface area (Å²) in [5, 5.41) is 23.0. The Hall–Kier alpha value is -4.39. The molecule has 31 heavy (non-hydrogen) atoms. The van der Waals surface area contributed by atoms with Gasteiger partial charge >= 0.3 is 0 Å². The van der Waals surface area contributed by atoms with E-state index in [4.69, 9.17) is 4.74 Å². The summed E-state index contributed by atoms with van der Waals surface area (Å²) in [5.74, 6) is 0.546. The molecule has 0 unspecified atom stereocenters. The third kappa shape index (κ3) is 3.42. The maximum Gasteiger partial charge on any atom is 0.256 e. The van der Waals surface area contributed by atoms with E-state index in [1.54, 1.807) is 31.4 Å². The molecule has 0 radical (unpaired) electrons. The lowest BCUT2D eigenvalue weighted by Crippen LogP contribution is -2.28. The van der Waals surface area contributed by atoms with Crippen LogP contribution in [0, 0.1) is 5.21 Å². The van der Waals surface area contributed by atoms with Crippen molar-refractivity contribution in [3.05, 3.63) is 88.5 Å². The molecule has 3 heterocycles. The minimum absolute atomic E-state index is 0.148. The second kappa shape index (κ2) is 7.46. The van der Waals surface area contributed by atoms with Gasteiger partial charge in [-0.3, -0.25) is 9.89 Å². The van der Waals surface area contributed by atoms with E-state index in [9.17, 15) is 10.0 Å². The number of nitrogens with one attached hydrogen (secondary N) is 2. The Morgan fingerprint density at radius 2 is 2.00 bits per heavy atom. The Kier molecular flexibility index (Phi) is 4.48. The van der Waals surface area contributed by atoms with E-state index in [0.717, 1.165) is 38.1 Å². The van der Waals surface area contributed by atoms with Gasteiger partial charge in [0.25, 0.3) is 5.91 Å². The second-order valence-electron chi connectivity index (χ2n) is 7.12. The highest BCUT2D eigenvalue weighted by Gasteiger charge is 2.24. The first kappa shape index (κ1) is 18.6. The summed E-state index contributed by atoms with van der Waals surface area (Å²) in [6.07, 6.45) is 6.83. The standard InChI is InChI=1S/C24H18N4O3/c1-31-17-7-10-21-19(14-17)20(24(29)25-21)12-15-5-8-18-22(26-27-23(18)13-15)9-6-16-4-2-3-11-28(16)30/h2-14H,1H3,(H,25,29)(H,26,27)/b9-6+,20-12+. The molecule has 0 aliphatic carbocycles. The first-order valence-corrected chi connectivity index (χ1v) is 9.68. The molecule has 4 aromatic rings. The van der Waals surface area contributed by atoms with Crippen molar-refractivity contribution in [2.45, 2.75) is 0 Å². The van der Waals surface area contributed by atoms with Crippen LogP contribution in [0.4, 0.5) is 5.69 Å². The van der Waals surface area contributed by atoms with Crippen LogP contribution in [0.25, 0.3) is 34.7 Å². The third-order valence-electron chi connectivity index (χ3n) is 5.20. The molecule has 0 spiro atoms. The smallest absolute Gasteiger partial charge is 0.256 e. The van der Waals surface area contributed by atoms with Gasteiger partial charge in [0.05, 0.1) is 18.3 Å². The topological polar surface area (TPSA) is 93.9 Å². The Labute approximate surface area is 177 Å². The number of fused-ring (bicyclic) bond motifs is 2. The number of pyridine rings is 1. The molecule has 0 atom stereocenters. The maximum atomic E-state index is 12.5. The van der Waals surface area contributed by atoms with Crippen molar-refractivity contribution < 1.29 is 14.3 Å². The van der Waals surface area contributed by atoms with E-state index < -0.39 is 0 Å². The number of carbonyl (C=O) groups is 1. The van der Waals surface area contributed by atoms with Crippen molar-refractivity contribution in [3.8, 4) is 5.75 Å². The van der Waals surface area contributed by atoms with Crippen LogP contribution in [0.15, 0.2) is 60.8 Å². The average Bonchev–Trinajstić information content (AvgIpc) is 3.33. The molecule has 7 heteroatoms. The van der Waals surface area contributed by atoms with Crippen LogP contribution in [0.5, 0.6) is 5.75 Å². The van der Waals surface area contributed by atoms with E-state index in [1.165, 1.54) is 6.20 Å². The number of ether oxygens (including phenoxy) is 1. The molecule has 1 aliphatic heterocycles. The van der Waals surface area contributed by atoms with Gasteiger partial charge in [-0.25, -0.2) is 0 Å². The van der Waals surface area contributed by atoms with Crippen molar-refractivity contribution in [1.29, 1.82) is 0 Å². The minimum atomic E-state index is -0.148. The second-order valence-corrected chi connectivity index (χ2v) is 7.12. The number of hydrogen-bond donors (Lipinski definition) is 2. The summed E-state index contributed by atoms with van der Waals surface area (Å²) >= 11 is 0. The summed E-state index contributed by atoms with van der Waals surface area (Å²) < 4.78 is 6.09.